The van der Waals surface area contributed by atoms with Crippen LogP contribution in [0.25, 0.3) is 0 Å². The van der Waals surface area contributed by atoms with Gasteiger partial charge in [0, 0.05) is 6.20 Å². The summed E-state index contributed by atoms with van der Waals surface area (Å²) in [6.07, 6.45) is 0.774. The fraction of sp³-hybridized carbons (Fsp3) is 0.636. The van der Waals surface area contributed by atoms with E-state index in [-0.39, 0.29) is 5.59 Å². The fourth-order valence-corrected chi connectivity index (χ4v) is 2.85. The molecule has 0 atom stereocenters. The number of aromatic nitrogens is 2. The van der Waals surface area contributed by atoms with Gasteiger partial charge in [-0.1, -0.05) is 19.6 Å². The lowest BCUT2D eigenvalue weighted by Gasteiger charge is -2.22. The predicted molar refractivity (Wildman–Crippen MR) is 76.7 cm³/mol. The van der Waals surface area contributed by atoms with Crippen LogP contribution in [0.3, 0.4) is 0 Å². The maximum absolute atomic E-state index is 12.1. The summed E-state index contributed by atoms with van der Waals surface area (Å²) in [7, 11) is -3.61. The normalized spacial score (nSPS) is 12.4. The molecular weight excluding hydrogens is 263 g/mol. The maximum Gasteiger partial charge on any atom is 0.509 e. The molecule has 1 rings (SSSR count). The average molecular weight is 284 g/mol. The molecule has 0 fully saturated rings. The first-order valence-electron chi connectivity index (χ1n) is 6.11. The summed E-state index contributed by atoms with van der Waals surface area (Å²) < 4.78 is 6.58. The molecule has 0 aromatic carbocycles. The summed E-state index contributed by atoms with van der Waals surface area (Å²) in [5.41, 5.74) is 0.00362. The highest BCUT2D eigenvalue weighted by Crippen LogP contribution is 2.09. The van der Waals surface area contributed by atoms with E-state index in [9.17, 15) is 14.8 Å². The zero-order valence-corrected chi connectivity index (χ0v) is 13.3. The highest BCUT2D eigenvalue weighted by molar-refractivity contribution is 6.88. The summed E-state index contributed by atoms with van der Waals surface area (Å²) in [4.78, 5) is 16.3. The largest absolute Gasteiger partial charge is 0.509 e. The molecule has 0 aliphatic heterocycles. The number of rotatable bonds is 2. The molecule has 1 aromatic heterocycles. The number of carbonyl (C=O) groups excluding carboxylic acids is 1. The third kappa shape index (κ3) is 4.19. The molecule has 19 heavy (non-hydrogen) atoms. The molecule has 0 saturated heterocycles. The molecule has 6 nitrogen and oxygen atoms in total. The molecule has 0 saturated carbocycles. The summed E-state index contributed by atoms with van der Waals surface area (Å²) in [6.45, 7) is 11.4. The van der Waals surface area contributed by atoms with Crippen molar-refractivity contribution in [3.05, 3.63) is 6.20 Å². The second-order valence-electron chi connectivity index (χ2n) is 6.46. The van der Waals surface area contributed by atoms with E-state index in [4.69, 9.17) is 4.74 Å². The minimum Gasteiger partial charge on any atom is -0.443 e. The molecule has 0 spiro atoms. The molecule has 0 unspecified atom stereocenters. The Bertz CT molecular complexity index is 474. The molecule has 0 aliphatic rings. The van der Waals surface area contributed by atoms with E-state index in [0.29, 0.717) is 5.45 Å². The van der Waals surface area contributed by atoms with Gasteiger partial charge in [-0.05, 0) is 20.8 Å². The van der Waals surface area contributed by atoms with Crippen molar-refractivity contribution >= 4 is 32.3 Å². The third-order valence-corrected chi connectivity index (χ3v) is 3.94. The van der Waals surface area contributed by atoms with Crippen LogP contribution in [0, 0.1) is 0 Å². The SMILES string of the molecule is CC(C)(C)OC(=O)n1cc(B(O)O)nc1[Si](C)(C)C. The van der Waals surface area contributed by atoms with Crippen molar-refractivity contribution in [2.45, 2.75) is 46.0 Å². The Morgan fingerprint density at radius 1 is 1.37 bits per heavy atom. The minimum atomic E-state index is -1.91. The van der Waals surface area contributed by atoms with Gasteiger partial charge in [0.25, 0.3) is 0 Å². The average Bonchev–Trinajstić information content (AvgIpc) is 2.57. The highest BCUT2D eigenvalue weighted by Gasteiger charge is 2.31. The monoisotopic (exact) mass is 284 g/mol. The summed E-state index contributed by atoms with van der Waals surface area (Å²) in [6, 6.07) is 0. The summed E-state index contributed by atoms with van der Waals surface area (Å²) in [5, 5.41) is 18.4. The van der Waals surface area contributed by atoms with Crippen molar-refractivity contribution in [3.8, 4) is 0 Å². The second-order valence-corrected chi connectivity index (χ2v) is 11.4. The van der Waals surface area contributed by atoms with Gasteiger partial charge in [-0.15, -0.1) is 0 Å². The Labute approximate surface area is 114 Å². The second kappa shape index (κ2) is 5.10. The van der Waals surface area contributed by atoms with Crippen molar-refractivity contribution < 1.29 is 19.6 Å². The molecule has 0 aliphatic carbocycles. The first-order chi connectivity index (χ1) is 8.42. The van der Waals surface area contributed by atoms with Gasteiger partial charge >= 0.3 is 13.2 Å². The predicted octanol–water partition coefficient (Wildman–Crippen LogP) is -0.109. The van der Waals surface area contributed by atoms with Crippen molar-refractivity contribution in [1.82, 2.24) is 9.55 Å². The van der Waals surface area contributed by atoms with E-state index in [2.05, 4.69) is 4.98 Å². The van der Waals surface area contributed by atoms with Gasteiger partial charge in [-0.2, -0.15) is 0 Å². The number of ether oxygens (including phenoxy) is 1. The van der Waals surface area contributed by atoms with Gasteiger partial charge in [-0.3, -0.25) is 0 Å². The van der Waals surface area contributed by atoms with Crippen LogP contribution in [0.15, 0.2) is 6.20 Å². The number of imidazole rings is 1. The lowest BCUT2D eigenvalue weighted by atomic mass is 9.87. The van der Waals surface area contributed by atoms with Crippen LogP contribution >= 0.6 is 0 Å². The maximum atomic E-state index is 12.1. The van der Waals surface area contributed by atoms with Crippen LogP contribution in [0.4, 0.5) is 4.79 Å². The molecule has 1 heterocycles. The molecule has 0 radical (unpaired) electrons. The highest BCUT2D eigenvalue weighted by atomic mass is 28.3. The van der Waals surface area contributed by atoms with Gasteiger partial charge in [0.15, 0.2) is 0 Å². The van der Waals surface area contributed by atoms with Gasteiger partial charge < -0.3 is 14.8 Å². The van der Waals surface area contributed by atoms with Gasteiger partial charge in [0.1, 0.15) is 13.7 Å². The minimum absolute atomic E-state index is 0.0586. The summed E-state index contributed by atoms with van der Waals surface area (Å²) >= 11 is 0. The van der Waals surface area contributed by atoms with E-state index >= 15 is 0 Å². The topological polar surface area (TPSA) is 84.6 Å². The van der Waals surface area contributed by atoms with Crippen LogP contribution in [0.5, 0.6) is 0 Å². The molecule has 0 bridgehead atoms. The number of nitrogens with zero attached hydrogens (tertiary/aromatic N) is 2. The first kappa shape index (κ1) is 15.9. The first-order valence-corrected chi connectivity index (χ1v) is 9.61. The van der Waals surface area contributed by atoms with Crippen LogP contribution in [0.1, 0.15) is 20.8 Å². The fourth-order valence-electron chi connectivity index (χ4n) is 1.50. The van der Waals surface area contributed by atoms with Gasteiger partial charge in [0.2, 0.25) is 0 Å². The van der Waals surface area contributed by atoms with Gasteiger partial charge in [-0.25, -0.2) is 14.3 Å². The Morgan fingerprint density at radius 3 is 2.26 bits per heavy atom. The van der Waals surface area contributed by atoms with E-state index in [1.165, 1.54) is 10.8 Å². The van der Waals surface area contributed by atoms with Crippen LogP contribution in [-0.4, -0.2) is 46.5 Å². The van der Waals surface area contributed by atoms with Gasteiger partial charge in [0.05, 0.1) is 11.0 Å². The molecule has 106 valence electrons. The Kier molecular flexibility index (Phi) is 4.28. The Morgan fingerprint density at radius 2 is 1.89 bits per heavy atom. The quantitative estimate of drug-likeness (QED) is 0.740. The molecular formula is C11H21BN2O4Si. The number of carbonyl (C=O) groups is 1. The molecule has 8 heteroatoms. The smallest absolute Gasteiger partial charge is 0.443 e. The Balaban J connectivity index is 3.22. The van der Waals surface area contributed by atoms with Crippen molar-refractivity contribution in [2.24, 2.45) is 0 Å². The molecule has 1 aromatic rings. The van der Waals surface area contributed by atoms with E-state index < -0.39 is 26.9 Å². The van der Waals surface area contributed by atoms with E-state index in [1.807, 2.05) is 19.6 Å². The van der Waals surface area contributed by atoms with Crippen LogP contribution in [-0.2, 0) is 4.74 Å². The molecule has 2 N–H and O–H groups in total. The Hall–Kier alpha value is -1.12. The zero-order valence-electron chi connectivity index (χ0n) is 12.3. The summed E-state index contributed by atoms with van der Waals surface area (Å²) in [5.74, 6) is 0. The number of hydrogen-bond acceptors (Lipinski definition) is 5. The zero-order chi connectivity index (χ0) is 15.0. The van der Waals surface area contributed by atoms with Crippen LogP contribution in [0.2, 0.25) is 19.6 Å². The lowest BCUT2D eigenvalue weighted by molar-refractivity contribution is 0.0541. The van der Waals surface area contributed by atoms with Crippen LogP contribution < -0.4 is 11.0 Å². The van der Waals surface area contributed by atoms with Crippen molar-refractivity contribution in [2.75, 3.05) is 0 Å². The van der Waals surface area contributed by atoms with E-state index in [1.54, 1.807) is 20.8 Å². The molecule has 0 amide bonds. The van der Waals surface area contributed by atoms with E-state index in [0.717, 1.165) is 0 Å². The standard InChI is InChI=1S/C11H21BN2O4Si/c1-11(2,3)18-10(15)14-7-8(12(16)17)13-9(14)19(4,5)6/h7,16-17H,1-6H3. The van der Waals surface area contributed by atoms with Crippen molar-refractivity contribution in [1.29, 1.82) is 0 Å². The lowest BCUT2D eigenvalue weighted by Crippen LogP contribution is -2.48. The van der Waals surface area contributed by atoms with Crippen molar-refractivity contribution in [3.63, 3.8) is 0 Å². The number of hydrogen-bond donors (Lipinski definition) is 2. The third-order valence-electron chi connectivity index (χ3n) is 2.25.